The van der Waals surface area contributed by atoms with Gasteiger partial charge in [-0.25, -0.2) is 8.42 Å². The number of benzene rings is 1. The van der Waals surface area contributed by atoms with Gasteiger partial charge in [0.1, 0.15) is 10.6 Å². The van der Waals surface area contributed by atoms with E-state index < -0.39 is 21.3 Å². The molecule has 170 valence electrons. The van der Waals surface area contributed by atoms with Gasteiger partial charge in [0.2, 0.25) is 15.9 Å². The highest BCUT2D eigenvalue weighted by atomic mass is 32.2. The number of nitrogens with two attached hydrogens (primary N) is 1. The van der Waals surface area contributed by atoms with Gasteiger partial charge in [0.25, 0.3) is 5.91 Å². The molecule has 0 spiro atoms. The van der Waals surface area contributed by atoms with Crippen molar-refractivity contribution < 1.29 is 18.0 Å². The zero-order valence-electron chi connectivity index (χ0n) is 18.3. The third kappa shape index (κ3) is 4.69. The molecule has 0 bridgehead atoms. The second-order valence-electron chi connectivity index (χ2n) is 8.52. The standard InChI is InChI=1S/C22H27N5O4S/c1-22(2,14-23)16-4-6-17(7-5-16)25-21(29)15-8-10-27(11-9-15)32(30,31)18-12-19(20(24)28)26(3)13-18/h4-7,12-13,15H,8-11H2,1-3H3,(H2,24,28)(H,25,29). The molecule has 0 unspecified atom stereocenters. The average Bonchev–Trinajstić information content (AvgIpc) is 3.17. The lowest BCUT2D eigenvalue weighted by Gasteiger charge is -2.30. The molecule has 2 heterocycles. The smallest absolute Gasteiger partial charge is 0.265 e. The summed E-state index contributed by atoms with van der Waals surface area (Å²) in [6.45, 7) is 4.06. The monoisotopic (exact) mass is 457 g/mol. The van der Waals surface area contributed by atoms with E-state index >= 15 is 0 Å². The van der Waals surface area contributed by atoms with Crippen LogP contribution in [0, 0.1) is 17.2 Å². The average molecular weight is 458 g/mol. The molecule has 1 aromatic heterocycles. The second kappa shape index (κ2) is 8.76. The molecule has 10 heteroatoms. The Morgan fingerprint density at radius 3 is 2.28 bits per heavy atom. The number of nitriles is 1. The first-order valence-electron chi connectivity index (χ1n) is 10.2. The molecule has 1 aliphatic heterocycles. The van der Waals surface area contributed by atoms with E-state index in [9.17, 15) is 23.3 Å². The summed E-state index contributed by atoms with van der Waals surface area (Å²) < 4.78 is 28.6. The molecule has 3 N–H and O–H groups in total. The Balaban J connectivity index is 1.62. The van der Waals surface area contributed by atoms with Gasteiger partial charge < -0.3 is 15.6 Å². The van der Waals surface area contributed by atoms with E-state index in [4.69, 9.17) is 5.73 Å². The zero-order valence-corrected chi connectivity index (χ0v) is 19.1. The Morgan fingerprint density at radius 2 is 1.78 bits per heavy atom. The third-order valence-electron chi connectivity index (χ3n) is 5.85. The van der Waals surface area contributed by atoms with Gasteiger partial charge in [0, 0.05) is 37.9 Å². The van der Waals surface area contributed by atoms with Crippen molar-refractivity contribution in [2.75, 3.05) is 18.4 Å². The minimum atomic E-state index is -3.78. The Bertz CT molecular complexity index is 1170. The number of carbonyl (C=O) groups is 2. The molecule has 2 amide bonds. The molecule has 1 saturated heterocycles. The first-order valence-corrected chi connectivity index (χ1v) is 11.7. The van der Waals surface area contributed by atoms with Crippen LogP contribution in [0.4, 0.5) is 5.69 Å². The van der Waals surface area contributed by atoms with E-state index in [-0.39, 0.29) is 35.5 Å². The molecule has 3 rings (SSSR count). The number of aryl methyl sites for hydroxylation is 1. The zero-order chi connectivity index (χ0) is 23.7. The molecule has 9 nitrogen and oxygen atoms in total. The molecule has 2 aromatic rings. The van der Waals surface area contributed by atoms with Crippen molar-refractivity contribution in [2.24, 2.45) is 18.7 Å². The number of aromatic nitrogens is 1. The summed E-state index contributed by atoms with van der Waals surface area (Å²) >= 11 is 0. The summed E-state index contributed by atoms with van der Waals surface area (Å²) in [5, 5.41) is 12.1. The lowest BCUT2D eigenvalue weighted by molar-refractivity contribution is -0.120. The number of hydrogen-bond donors (Lipinski definition) is 2. The summed E-state index contributed by atoms with van der Waals surface area (Å²) in [7, 11) is -2.22. The van der Waals surface area contributed by atoms with Crippen LogP contribution in [0.1, 0.15) is 42.7 Å². The lowest BCUT2D eigenvalue weighted by atomic mass is 9.86. The van der Waals surface area contributed by atoms with E-state index in [0.29, 0.717) is 18.5 Å². The minimum Gasteiger partial charge on any atom is -0.364 e. The van der Waals surface area contributed by atoms with Gasteiger partial charge in [-0.2, -0.15) is 9.57 Å². The molecule has 0 saturated carbocycles. The van der Waals surface area contributed by atoms with Crippen LogP contribution >= 0.6 is 0 Å². The molecule has 0 radical (unpaired) electrons. The number of sulfonamides is 1. The first-order chi connectivity index (χ1) is 15.0. The Morgan fingerprint density at radius 1 is 1.19 bits per heavy atom. The number of primary amides is 1. The number of rotatable bonds is 6. The normalized spacial score (nSPS) is 15.8. The fourth-order valence-corrected chi connectivity index (χ4v) is 5.25. The van der Waals surface area contributed by atoms with E-state index in [1.54, 1.807) is 19.2 Å². The number of amides is 2. The number of carbonyl (C=O) groups excluding carboxylic acids is 2. The van der Waals surface area contributed by atoms with E-state index in [2.05, 4.69) is 11.4 Å². The van der Waals surface area contributed by atoms with Crippen molar-refractivity contribution in [2.45, 2.75) is 37.0 Å². The fourth-order valence-electron chi connectivity index (χ4n) is 3.71. The van der Waals surface area contributed by atoms with Crippen molar-refractivity contribution in [1.29, 1.82) is 5.26 Å². The Labute approximate surface area is 187 Å². The van der Waals surface area contributed by atoms with E-state index in [0.717, 1.165) is 5.56 Å². The van der Waals surface area contributed by atoms with Crippen LogP contribution in [0.5, 0.6) is 0 Å². The summed E-state index contributed by atoms with van der Waals surface area (Å²) in [5.41, 5.74) is 6.26. The molecule has 32 heavy (non-hydrogen) atoms. The number of nitrogens with zero attached hydrogens (tertiary/aromatic N) is 3. The molecule has 1 aliphatic rings. The highest BCUT2D eigenvalue weighted by molar-refractivity contribution is 7.89. The van der Waals surface area contributed by atoms with E-state index in [1.807, 2.05) is 26.0 Å². The van der Waals surface area contributed by atoms with Crippen LogP contribution in [0.3, 0.4) is 0 Å². The molecule has 0 aliphatic carbocycles. The number of hydrogen-bond acceptors (Lipinski definition) is 5. The van der Waals surface area contributed by atoms with Gasteiger partial charge in [-0.1, -0.05) is 12.1 Å². The Kier molecular flexibility index (Phi) is 6.44. The molecule has 1 fully saturated rings. The lowest BCUT2D eigenvalue weighted by Crippen LogP contribution is -2.41. The van der Waals surface area contributed by atoms with Crippen molar-refractivity contribution >= 4 is 27.5 Å². The molecular formula is C22H27N5O4S. The molecular weight excluding hydrogens is 430 g/mol. The van der Waals surface area contributed by atoms with Gasteiger partial charge in [-0.05, 0) is 50.5 Å². The first kappa shape index (κ1) is 23.5. The van der Waals surface area contributed by atoms with Crippen LogP contribution in [0.25, 0.3) is 0 Å². The van der Waals surface area contributed by atoms with Crippen LogP contribution in [-0.4, -0.2) is 42.2 Å². The largest absolute Gasteiger partial charge is 0.364 e. The van der Waals surface area contributed by atoms with Crippen LogP contribution in [-0.2, 0) is 27.3 Å². The summed E-state index contributed by atoms with van der Waals surface area (Å²) in [6, 6.07) is 10.7. The third-order valence-corrected chi connectivity index (χ3v) is 7.71. The van der Waals surface area contributed by atoms with E-state index in [1.165, 1.54) is 21.1 Å². The fraction of sp³-hybridized carbons (Fsp3) is 0.409. The van der Waals surface area contributed by atoms with Crippen LogP contribution in [0.2, 0.25) is 0 Å². The maximum absolute atomic E-state index is 12.9. The second-order valence-corrected chi connectivity index (χ2v) is 10.5. The maximum Gasteiger partial charge on any atom is 0.265 e. The van der Waals surface area contributed by atoms with Gasteiger partial charge in [-0.3, -0.25) is 9.59 Å². The quantitative estimate of drug-likeness (QED) is 0.683. The summed E-state index contributed by atoms with van der Waals surface area (Å²) in [4.78, 5) is 24.1. The molecule has 1 aromatic carbocycles. The molecule has 0 atom stereocenters. The van der Waals surface area contributed by atoms with Gasteiger partial charge in [-0.15, -0.1) is 0 Å². The van der Waals surface area contributed by atoms with Crippen molar-refractivity contribution in [3.63, 3.8) is 0 Å². The van der Waals surface area contributed by atoms with Crippen LogP contribution in [0.15, 0.2) is 41.4 Å². The van der Waals surface area contributed by atoms with Crippen molar-refractivity contribution in [1.82, 2.24) is 8.87 Å². The van der Waals surface area contributed by atoms with Gasteiger partial charge in [0.05, 0.1) is 11.5 Å². The predicted molar refractivity (Wildman–Crippen MR) is 119 cm³/mol. The highest BCUT2D eigenvalue weighted by Gasteiger charge is 2.33. The topological polar surface area (TPSA) is 138 Å². The highest BCUT2D eigenvalue weighted by Crippen LogP contribution is 2.27. The number of nitrogens with one attached hydrogen (secondary N) is 1. The van der Waals surface area contributed by atoms with Crippen molar-refractivity contribution in [3.05, 3.63) is 47.8 Å². The maximum atomic E-state index is 12.9. The number of piperidine rings is 1. The minimum absolute atomic E-state index is 0.0112. The SMILES string of the molecule is Cn1cc(S(=O)(=O)N2CCC(C(=O)Nc3ccc(C(C)(C)C#N)cc3)CC2)cc1C(N)=O. The number of anilines is 1. The van der Waals surface area contributed by atoms with Crippen LogP contribution < -0.4 is 11.1 Å². The summed E-state index contributed by atoms with van der Waals surface area (Å²) in [5.74, 6) is -1.17. The predicted octanol–water partition coefficient (Wildman–Crippen LogP) is 1.96. The summed E-state index contributed by atoms with van der Waals surface area (Å²) in [6.07, 6.45) is 2.14. The van der Waals surface area contributed by atoms with Gasteiger partial charge >= 0.3 is 0 Å². The van der Waals surface area contributed by atoms with Gasteiger partial charge in [0.15, 0.2) is 0 Å². The van der Waals surface area contributed by atoms with Crippen molar-refractivity contribution in [3.8, 4) is 6.07 Å². The Hall–Kier alpha value is -3.16.